The van der Waals surface area contributed by atoms with Gasteiger partial charge in [-0.3, -0.25) is 0 Å². The minimum atomic E-state index is 0.189. The maximum absolute atomic E-state index is 5.83. The van der Waals surface area contributed by atoms with Crippen LogP contribution in [-0.4, -0.2) is 6.04 Å². The molecule has 0 amide bonds. The fourth-order valence-electron chi connectivity index (χ4n) is 1.77. The van der Waals surface area contributed by atoms with Crippen LogP contribution in [0.2, 0.25) is 0 Å². The molecule has 1 atom stereocenters. The normalized spacial score (nSPS) is 12.4. The minimum absolute atomic E-state index is 0.189. The molecule has 4 heteroatoms. The van der Waals surface area contributed by atoms with Crippen LogP contribution in [0.4, 0.5) is 0 Å². The molecule has 0 saturated heterocycles. The van der Waals surface area contributed by atoms with Crippen molar-refractivity contribution in [1.82, 2.24) is 0 Å². The number of rotatable bonds is 4. The second-order valence-corrected chi connectivity index (χ2v) is 7.27. The van der Waals surface area contributed by atoms with Crippen LogP contribution in [0.1, 0.15) is 12.5 Å². The lowest BCUT2D eigenvalue weighted by Gasteiger charge is -2.10. The van der Waals surface area contributed by atoms with Gasteiger partial charge in [-0.2, -0.15) is 0 Å². The highest BCUT2D eigenvalue weighted by molar-refractivity contribution is 9.11. The van der Waals surface area contributed by atoms with Gasteiger partial charge in [-0.15, -0.1) is 0 Å². The lowest BCUT2D eigenvalue weighted by Crippen LogP contribution is -2.17. The zero-order chi connectivity index (χ0) is 13.8. The molecule has 2 rings (SSSR count). The van der Waals surface area contributed by atoms with Crippen molar-refractivity contribution >= 4 is 43.6 Å². The standard InChI is InChI=1S/C15H15Br2NS/c1-10(18)8-11-6-7-15(13(17)9-11)19-14-5-3-2-4-12(14)16/h2-7,9-10H,8,18H2,1H3. The van der Waals surface area contributed by atoms with Gasteiger partial charge in [-0.05, 0) is 75.0 Å². The van der Waals surface area contributed by atoms with Crippen LogP contribution in [0.5, 0.6) is 0 Å². The largest absolute Gasteiger partial charge is 0.328 e. The van der Waals surface area contributed by atoms with Crippen LogP contribution in [0.3, 0.4) is 0 Å². The van der Waals surface area contributed by atoms with Crippen molar-refractivity contribution in [2.75, 3.05) is 0 Å². The van der Waals surface area contributed by atoms with E-state index in [1.165, 1.54) is 15.4 Å². The van der Waals surface area contributed by atoms with Gasteiger partial charge in [0.05, 0.1) is 0 Å². The van der Waals surface area contributed by atoms with E-state index in [1.807, 2.05) is 19.1 Å². The number of hydrogen-bond donors (Lipinski definition) is 1. The molecule has 0 aliphatic heterocycles. The zero-order valence-corrected chi connectivity index (χ0v) is 14.6. The fraction of sp³-hybridized carbons (Fsp3) is 0.200. The van der Waals surface area contributed by atoms with Crippen molar-refractivity contribution in [3.8, 4) is 0 Å². The molecule has 0 radical (unpaired) electrons. The topological polar surface area (TPSA) is 26.0 Å². The molecule has 0 spiro atoms. The van der Waals surface area contributed by atoms with E-state index < -0.39 is 0 Å². The Labute approximate surface area is 135 Å². The van der Waals surface area contributed by atoms with Crippen LogP contribution >= 0.6 is 43.6 Å². The lowest BCUT2D eigenvalue weighted by atomic mass is 10.1. The predicted molar refractivity (Wildman–Crippen MR) is 89.8 cm³/mol. The fourth-order valence-corrected chi connectivity index (χ4v) is 3.81. The molecule has 19 heavy (non-hydrogen) atoms. The van der Waals surface area contributed by atoms with Crippen molar-refractivity contribution in [3.63, 3.8) is 0 Å². The van der Waals surface area contributed by atoms with Crippen molar-refractivity contribution in [2.45, 2.75) is 29.2 Å². The van der Waals surface area contributed by atoms with Gasteiger partial charge in [-0.25, -0.2) is 0 Å². The molecule has 0 bridgehead atoms. The van der Waals surface area contributed by atoms with Gasteiger partial charge in [0, 0.05) is 24.8 Å². The summed E-state index contributed by atoms with van der Waals surface area (Å²) in [5, 5.41) is 0. The smallest absolute Gasteiger partial charge is 0.0317 e. The first-order valence-corrected chi connectivity index (χ1v) is 8.43. The summed E-state index contributed by atoms with van der Waals surface area (Å²) in [5.74, 6) is 0. The Morgan fingerprint density at radius 3 is 2.37 bits per heavy atom. The highest BCUT2D eigenvalue weighted by Gasteiger charge is 2.07. The lowest BCUT2D eigenvalue weighted by molar-refractivity contribution is 0.737. The molecule has 0 heterocycles. The summed E-state index contributed by atoms with van der Waals surface area (Å²) in [7, 11) is 0. The first kappa shape index (κ1) is 15.1. The molecule has 0 saturated carbocycles. The highest BCUT2D eigenvalue weighted by atomic mass is 79.9. The van der Waals surface area contributed by atoms with Crippen molar-refractivity contribution in [1.29, 1.82) is 0 Å². The van der Waals surface area contributed by atoms with Gasteiger partial charge in [0.15, 0.2) is 0 Å². The van der Waals surface area contributed by atoms with E-state index in [-0.39, 0.29) is 6.04 Å². The third-order valence-electron chi connectivity index (χ3n) is 2.61. The summed E-state index contributed by atoms with van der Waals surface area (Å²) in [6, 6.07) is 14.9. The highest BCUT2D eigenvalue weighted by Crippen LogP contribution is 2.37. The third kappa shape index (κ3) is 4.35. The van der Waals surface area contributed by atoms with Gasteiger partial charge in [0.1, 0.15) is 0 Å². The molecular formula is C15H15Br2NS. The summed E-state index contributed by atoms with van der Waals surface area (Å²) in [6.45, 7) is 2.03. The molecule has 1 nitrogen and oxygen atoms in total. The maximum atomic E-state index is 5.83. The van der Waals surface area contributed by atoms with Crippen LogP contribution in [-0.2, 0) is 6.42 Å². The molecule has 100 valence electrons. The first-order chi connectivity index (χ1) is 9.06. The second-order valence-electron chi connectivity index (χ2n) is 4.48. The van der Waals surface area contributed by atoms with Crippen molar-refractivity contribution in [2.24, 2.45) is 5.73 Å². The molecule has 0 aliphatic carbocycles. The molecule has 0 aromatic heterocycles. The van der Waals surface area contributed by atoms with E-state index in [9.17, 15) is 0 Å². The molecule has 2 aromatic rings. The molecule has 1 unspecified atom stereocenters. The summed E-state index contributed by atoms with van der Waals surface area (Å²) < 4.78 is 2.23. The Morgan fingerprint density at radius 2 is 1.74 bits per heavy atom. The summed E-state index contributed by atoms with van der Waals surface area (Å²) in [4.78, 5) is 2.42. The average Bonchev–Trinajstić information content (AvgIpc) is 2.34. The van der Waals surface area contributed by atoms with Gasteiger partial charge in [-0.1, -0.05) is 30.0 Å². The Bertz CT molecular complexity index is 570. The van der Waals surface area contributed by atoms with E-state index in [2.05, 4.69) is 62.2 Å². The second kappa shape index (κ2) is 6.93. The maximum Gasteiger partial charge on any atom is 0.0317 e. The van der Waals surface area contributed by atoms with Gasteiger partial charge in [0.2, 0.25) is 0 Å². The van der Waals surface area contributed by atoms with Crippen LogP contribution in [0.25, 0.3) is 0 Å². The van der Waals surface area contributed by atoms with Crippen LogP contribution in [0, 0.1) is 0 Å². The quantitative estimate of drug-likeness (QED) is 0.757. The van der Waals surface area contributed by atoms with Crippen LogP contribution in [0.15, 0.2) is 61.2 Å². The number of hydrogen-bond acceptors (Lipinski definition) is 2. The van der Waals surface area contributed by atoms with Gasteiger partial charge in [0.25, 0.3) is 0 Å². The first-order valence-electron chi connectivity index (χ1n) is 6.02. The van der Waals surface area contributed by atoms with Gasteiger partial charge >= 0.3 is 0 Å². The molecular weight excluding hydrogens is 386 g/mol. The molecule has 0 fully saturated rings. The van der Waals surface area contributed by atoms with E-state index in [0.29, 0.717) is 0 Å². The number of halogens is 2. The Hall–Kier alpha value is -0.290. The van der Waals surface area contributed by atoms with Crippen LogP contribution < -0.4 is 5.73 Å². The van der Waals surface area contributed by atoms with E-state index in [0.717, 1.165) is 15.4 Å². The Kier molecular flexibility index (Phi) is 5.51. The monoisotopic (exact) mass is 399 g/mol. The van der Waals surface area contributed by atoms with E-state index >= 15 is 0 Å². The Morgan fingerprint density at radius 1 is 1.05 bits per heavy atom. The molecule has 2 N–H and O–H groups in total. The third-order valence-corrected chi connectivity index (χ3v) is 5.63. The predicted octanol–water partition coefficient (Wildman–Crippen LogP) is 5.25. The van der Waals surface area contributed by atoms with Crippen molar-refractivity contribution in [3.05, 3.63) is 57.0 Å². The molecule has 0 aliphatic rings. The minimum Gasteiger partial charge on any atom is -0.328 e. The number of nitrogens with two attached hydrogens (primary N) is 1. The number of benzene rings is 2. The average molecular weight is 401 g/mol. The summed E-state index contributed by atoms with van der Waals surface area (Å²) in [6.07, 6.45) is 0.901. The Balaban J connectivity index is 2.20. The SMILES string of the molecule is CC(N)Cc1ccc(Sc2ccccc2Br)c(Br)c1. The zero-order valence-electron chi connectivity index (χ0n) is 10.6. The van der Waals surface area contributed by atoms with Crippen molar-refractivity contribution < 1.29 is 0 Å². The molecule has 2 aromatic carbocycles. The van der Waals surface area contributed by atoms with E-state index in [1.54, 1.807) is 11.8 Å². The van der Waals surface area contributed by atoms with E-state index in [4.69, 9.17) is 5.73 Å². The van der Waals surface area contributed by atoms with Gasteiger partial charge < -0.3 is 5.73 Å². The summed E-state index contributed by atoms with van der Waals surface area (Å²) >= 11 is 8.96. The summed E-state index contributed by atoms with van der Waals surface area (Å²) in [5.41, 5.74) is 7.09.